The second kappa shape index (κ2) is 6.06. The summed E-state index contributed by atoms with van der Waals surface area (Å²) in [6.45, 7) is 0. The number of para-hydroxylation sites is 2. The van der Waals surface area contributed by atoms with E-state index >= 15 is 0 Å². The lowest BCUT2D eigenvalue weighted by Crippen LogP contribution is -1.96. The molecule has 2 aromatic heterocycles. The van der Waals surface area contributed by atoms with Crippen LogP contribution in [0.5, 0.6) is 0 Å². The number of halogens is 1. The van der Waals surface area contributed by atoms with Crippen molar-refractivity contribution >= 4 is 46.4 Å². The van der Waals surface area contributed by atoms with Gasteiger partial charge in [0.25, 0.3) is 0 Å². The molecule has 0 amide bonds. The Morgan fingerprint density at radius 1 is 0.870 bits per heavy atom. The zero-order valence-corrected chi connectivity index (χ0v) is 12.9. The first-order valence-corrected chi connectivity index (χ1v) is 6.93. The van der Waals surface area contributed by atoms with Gasteiger partial charge in [-0.05, 0) is 12.1 Å². The fraction of sp³-hybridized carbons (Fsp3) is 0. The SMILES string of the molecule is Cl.Nc1ncc(/C=N/n2c3ccccc3c3ccccc32)cn1. The van der Waals surface area contributed by atoms with Crippen LogP contribution in [-0.2, 0) is 0 Å². The summed E-state index contributed by atoms with van der Waals surface area (Å²) < 4.78 is 1.93. The molecule has 0 saturated heterocycles. The van der Waals surface area contributed by atoms with Gasteiger partial charge in [-0.3, -0.25) is 0 Å². The molecule has 4 aromatic rings. The molecule has 23 heavy (non-hydrogen) atoms. The number of benzene rings is 2. The monoisotopic (exact) mass is 323 g/mol. The number of nitrogen functional groups attached to an aromatic ring is 1. The molecule has 2 N–H and O–H groups in total. The maximum Gasteiger partial charge on any atom is 0.219 e. The molecule has 0 aliphatic rings. The third kappa shape index (κ3) is 2.62. The minimum Gasteiger partial charge on any atom is -0.368 e. The van der Waals surface area contributed by atoms with Crippen molar-refractivity contribution in [3.8, 4) is 0 Å². The number of anilines is 1. The lowest BCUT2D eigenvalue weighted by Gasteiger charge is -1.99. The number of fused-ring (bicyclic) bond motifs is 3. The molecule has 0 fully saturated rings. The van der Waals surface area contributed by atoms with E-state index in [2.05, 4.69) is 39.3 Å². The molecule has 4 rings (SSSR count). The van der Waals surface area contributed by atoms with E-state index in [1.807, 2.05) is 28.9 Å². The predicted molar refractivity (Wildman–Crippen MR) is 96.1 cm³/mol. The minimum absolute atomic E-state index is 0. The zero-order chi connectivity index (χ0) is 14.9. The zero-order valence-electron chi connectivity index (χ0n) is 12.1. The lowest BCUT2D eigenvalue weighted by atomic mass is 10.2. The lowest BCUT2D eigenvalue weighted by molar-refractivity contribution is 0.974. The first kappa shape index (κ1) is 15.0. The van der Waals surface area contributed by atoms with Crippen LogP contribution in [0.15, 0.2) is 66.0 Å². The molecule has 0 aliphatic carbocycles. The van der Waals surface area contributed by atoms with E-state index in [4.69, 9.17) is 5.73 Å². The Labute approximate surface area is 138 Å². The van der Waals surface area contributed by atoms with Gasteiger partial charge in [0.05, 0.1) is 17.2 Å². The molecule has 2 aromatic carbocycles. The highest BCUT2D eigenvalue weighted by atomic mass is 35.5. The summed E-state index contributed by atoms with van der Waals surface area (Å²) in [5.74, 6) is 0.258. The summed E-state index contributed by atoms with van der Waals surface area (Å²) in [5.41, 5.74) is 8.43. The van der Waals surface area contributed by atoms with Gasteiger partial charge in [-0.2, -0.15) is 5.10 Å². The van der Waals surface area contributed by atoms with Gasteiger partial charge < -0.3 is 5.73 Å². The van der Waals surface area contributed by atoms with Gasteiger partial charge in [0.1, 0.15) is 0 Å². The first-order valence-electron chi connectivity index (χ1n) is 6.93. The smallest absolute Gasteiger partial charge is 0.219 e. The second-order valence-electron chi connectivity index (χ2n) is 4.97. The van der Waals surface area contributed by atoms with Crippen LogP contribution in [0, 0.1) is 0 Å². The normalized spacial score (nSPS) is 11.1. The number of hydrogen-bond donors (Lipinski definition) is 1. The fourth-order valence-electron chi connectivity index (χ4n) is 2.57. The fourth-order valence-corrected chi connectivity index (χ4v) is 2.57. The number of nitrogens with zero attached hydrogens (tertiary/aromatic N) is 4. The standard InChI is InChI=1S/C17H13N5.ClH/c18-17-19-9-12(10-20-17)11-21-22-15-7-3-1-5-13(15)14-6-2-4-8-16(14)22;/h1-11H,(H2,18,19,20);1H/b21-11+;. The molecule has 0 spiro atoms. The van der Waals surface area contributed by atoms with Crippen molar-refractivity contribution in [2.75, 3.05) is 5.73 Å². The van der Waals surface area contributed by atoms with Gasteiger partial charge >= 0.3 is 0 Å². The van der Waals surface area contributed by atoms with Crippen LogP contribution >= 0.6 is 12.4 Å². The summed E-state index contributed by atoms with van der Waals surface area (Å²) in [6, 6.07) is 16.4. The van der Waals surface area contributed by atoms with Crippen molar-refractivity contribution in [1.29, 1.82) is 0 Å². The average molecular weight is 324 g/mol. The Morgan fingerprint density at radius 3 is 1.96 bits per heavy atom. The molecular formula is C17H14ClN5. The molecule has 0 radical (unpaired) electrons. The van der Waals surface area contributed by atoms with E-state index in [0.717, 1.165) is 16.6 Å². The van der Waals surface area contributed by atoms with Crippen LogP contribution in [0.25, 0.3) is 21.8 Å². The van der Waals surface area contributed by atoms with Crippen molar-refractivity contribution in [2.24, 2.45) is 5.10 Å². The highest BCUT2D eigenvalue weighted by Crippen LogP contribution is 2.28. The van der Waals surface area contributed by atoms with Crippen molar-refractivity contribution in [2.45, 2.75) is 0 Å². The summed E-state index contributed by atoms with van der Waals surface area (Å²) in [4.78, 5) is 7.94. The van der Waals surface area contributed by atoms with Gasteiger partial charge in [-0.1, -0.05) is 36.4 Å². The van der Waals surface area contributed by atoms with Gasteiger partial charge in [-0.15, -0.1) is 12.4 Å². The summed E-state index contributed by atoms with van der Waals surface area (Å²) >= 11 is 0. The highest BCUT2D eigenvalue weighted by molar-refractivity contribution is 6.08. The number of aromatic nitrogens is 3. The van der Waals surface area contributed by atoms with Gasteiger partial charge in [0, 0.05) is 28.7 Å². The molecule has 5 nitrogen and oxygen atoms in total. The van der Waals surface area contributed by atoms with Gasteiger partial charge in [0.15, 0.2) is 0 Å². The van der Waals surface area contributed by atoms with Crippen molar-refractivity contribution < 1.29 is 0 Å². The molecule has 0 bridgehead atoms. The Hall–Kier alpha value is -2.92. The first-order chi connectivity index (χ1) is 10.8. The largest absolute Gasteiger partial charge is 0.368 e. The number of rotatable bonds is 2. The molecule has 0 unspecified atom stereocenters. The van der Waals surface area contributed by atoms with Gasteiger partial charge in [-0.25, -0.2) is 14.6 Å². The third-order valence-electron chi connectivity index (χ3n) is 3.57. The molecule has 6 heteroatoms. The number of nitrogens with two attached hydrogens (primary N) is 1. The summed E-state index contributed by atoms with van der Waals surface area (Å²) in [7, 11) is 0. The van der Waals surface area contributed by atoms with Crippen molar-refractivity contribution in [1.82, 2.24) is 14.6 Å². The van der Waals surface area contributed by atoms with Crippen LogP contribution in [0.1, 0.15) is 5.56 Å². The predicted octanol–water partition coefficient (Wildman–Crippen LogP) is 3.47. The molecule has 0 aliphatic heterocycles. The van der Waals surface area contributed by atoms with Crippen LogP contribution in [0.2, 0.25) is 0 Å². The maximum absolute atomic E-state index is 5.49. The Bertz CT molecular complexity index is 936. The van der Waals surface area contributed by atoms with E-state index in [1.165, 1.54) is 10.8 Å². The summed E-state index contributed by atoms with van der Waals surface area (Å²) in [5, 5.41) is 6.96. The van der Waals surface area contributed by atoms with E-state index in [-0.39, 0.29) is 18.4 Å². The average Bonchev–Trinajstić information content (AvgIpc) is 2.89. The van der Waals surface area contributed by atoms with Crippen LogP contribution in [0.4, 0.5) is 5.95 Å². The van der Waals surface area contributed by atoms with E-state index in [1.54, 1.807) is 18.6 Å². The minimum atomic E-state index is 0. The van der Waals surface area contributed by atoms with Gasteiger partial charge in [0.2, 0.25) is 5.95 Å². The Morgan fingerprint density at radius 2 is 1.39 bits per heavy atom. The van der Waals surface area contributed by atoms with Crippen LogP contribution in [0.3, 0.4) is 0 Å². The van der Waals surface area contributed by atoms with Crippen LogP contribution in [-0.4, -0.2) is 20.9 Å². The van der Waals surface area contributed by atoms with E-state index in [9.17, 15) is 0 Å². The van der Waals surface area contributed by atoms with Crippen molar-refractivity contribution in [3.05, 3.63) is 66.5 Å². The molecule has 0 saturated carbocycles. The van der Waals surface area contributed by atoms with E-state index in [0.29, 0.717) is 0 Å². The Balaban J connectivity index is 0.00000156. The topological polar surface area (TPSA) is 69.1 Å². The maximum atomic E-state index is 5.49. The summed E-state index contributed by atoms with van der Waals surface area (Å²) in [6.07, 6.45) is 5.04. The Kier molecular flexibility index (Phi) is 3.95. The molecular weight excluding hydrogens is 310 g/mol. The number of hydrogen-bond acceptors (Lipinski definition) is 4. The third-order valence-corrected chi connectivity index (χ3v) is 3.57. The molecule has 114 valence electrons. The van der Waals surface area contributed by atoms with Crippen molar-refractivity contribution in [3.63, 3.8) is 0 Å². The van der Waals surface area contributed by atoms with E-state index < -0.39 is 0 Å². The second-order valence-corrected chi connectivity index (χ2v) is 4.97. The van der Waals surface area contributed by atoms with Crippen LogP contribution < -0.4 is 5.73 Å². The molecule has 2 heterocycles. The molecule has 0 atom stereocenters. The quantitative estimate of drug-likeness (QED) is 0.574. The highest BCUT2D eigenvalue weighted by Gasteiger charge is 2.08.